The molecule has 3 rings (SSSR count). The third kappa shape index (κ3) is 2.92. The van der Waals surface area contributed by atoms with Crippen LogP contribution in [-0.4, -0.2) is 31.0 Å². The summed E-state index contributed by atoms with van der Waals surface area (Å²) in [4.78, 5) is 27.3. The molecule has 0 atom stereocenters. The van der Waals surface area contributed by atoms with Gasteiger partial charge in [0.05, 0.1) is 30.2 Å². The van der Waals surface area contributed by atoms with Crippen LogP contribution in [0.2, 0.25) is 0 Å². The molecule has 0 spiro atoms. The van der Waals surface area contributed by atoms with E-state index >= 15 is 0 Å². The first kappa shape index (κ1) is 12.9. The molecule has 0 saturated heterocycles. The fourth-order valence-corrected chi connectivity index (χ4v) is 1.82. The summed E-state index contributed by atoms with van der Waals surface area (Å²) < 4.78 is 0. The van der Waals surface area contributed by atoms with Gasteiger partial charge in [-0.1, -0.05) is 0 Å². The molecule has 0 unspecified atom stereocenters. The standard InChI is InChI=1S/C14H11N5O2/c20-14(21)9-1-3-10(4-2-9)16-5-11-6-17-13-12(19-11)7-15-8-18-13/h1-4,6-8,16H,5H2,(H,20,21). The van der Waals surface area contributed by atoms with E-state index in [-0.39, 0.29) is 5.56 Å². The fraction of sp³-hybridized carbons (Fsp3) is 0.0714. The second-order valence-electron chi connectivity index (χ2n) is 4.33. The van der Waals surface area contributed by atoms with Gasteiger partial charge in [0.25, 0.3) is 0 Å². The van der Waals surface area contributed by atoms with E-state index in [4.69, 9.17) is 5.11 Å². The fourth-order valence-electron chi connectivity index (χ4n) is 1.82. The van der Waals surface area contributed by atoms with E-state index < -0.39 is 5.97 Å². The number of carboxylic acids is 1. The number of anilines is 1. The van der Waals surface area contributed by atoms with Crippen LogP contribution < -0.4 is 5.32 Å². The topological polar surface area (TPSA) is 101 Å². The Hall–Kier alpha value is -3.09. The predicted octanol–water partition coefficient (Wildman–Crippen LogP) is 1.73. The molecule has 0 aliphatic heterocycles. The lowest BCUT2D eigenvalue weighted by atomic mass is 10.2. The predicted molar refractivity (Wildman–Crippen MR) is 75.9 cm³/mol. The second kappa shape index (κ2) is 5.49. The molecule has 3 aromatic rings. The van der Waals surface area contributed by atoms with Crippen molar-refractivity contribution in [3.8, 4) is 0 Å². The van der Waals surface area contributed by atoms with Gasteiger partial charge in [-0.05, 0) is 24.3 Å². The van der Waals surface area contributed by atoms with Crippen LogP contribution in [0.3, 0.4) is 0 Å². The zero-order valence-electron chi connectivity index (χ0n) is 10.9. The Bertz CT molecular complexity index is 789. The molecule has 0 radical (unpaired) electrons. The summed E-state index contributed by atoms with van der Waals surface area (Å²) in [7, 11) is 0. The molecule has 0 aliphatic carbocycles. The van der Waals surface area contributed by atoms with Crippen molar-refractivity contribution in [2.45, 2.75) is 6.54 Å². The van der Waals surface area contributed by atoms with Gasteiger partial charge in [0, 0.05) is 5.69 Å². The third-order valence-electron chi connectivity index (χ3n) is 2.88. The van der Waals surface area contributed by atoms with Crippen LogP contribution in [0.25, 0.3) is 11.2 Å². The van der Waals surface area contributed by atoms with Crippen LogP contribution in [0.1, 0.15) is 16.1 Å². The Morgan fingerprint density at radius 3 is 2.71 bits per heavy atom. The summed E-state index contributed by atoms with van der Waals surface area (Å²) in [6.45, 7) is 0.476. The Balaban J connectivity index is 1.72. The van der Waals surface area contributed by atoms with Crippen LogP contribution in [0.15, 0.2) is 43.0 Å². The molecule has 2 aromatic heterocycles. The molecule has 7 heteroatoms. The van der Waals surface area contributed by atoms with Crippen LogP contribution in [0.4, 0.5) is 5.69 Å². The Morgan fingerprint density at radius 2 is 1.95 bits per heavy atom. The highest BCUT2D eigenvalue weighted by atomic mass is 16.4. The molecule has 2 N–H and O–H groups in total. The number of carbonyl (C=O) groups is 1. The molecule has 0 saturated carbocycles. The maximum Gasteiger partial charge on any atom is 0.335 e. The van der Waals surface area contributed by atoms with Crippen LogP contribution >= 0.6 is 0 Å². The van der Waals surface area contributed by atoms with Gasteiger partial charge < -0.3 is 10.4 Å². The molecular weight excluding hydrogens is 270 g/mol. The number of fused-ring (bicyclic) bond motifs is 1. The van der Waals surface area contributed by atoms with E-state index in [0.29, 0.717) is 17.7 Å². The number of hydrogen-bond acceptors (Lipinski definition) is 6. The summed E-state index contributed by atoms with van der Waals surface area (Å²) in [5, 5.41) is 12.0. The van der Waals surface area contributed by atoms with Gasteiger partial charge in [-0.25, -0.2) is 24.7 Å². The summed E-state index contributed by atoms with van der Waals surface area (Å²) in [5.74, 6) is -0.943. The van der Waals surface area contributed by atoms with Crippen molar-refractivity contribution in [1.29, 1.82) is 0 Å². The summed E-state index contributed by atoms with van der Waals surface area (Å²) >= 11 is 0. The summed E-state index contributed by atoms with van der Waals surface area (Å²) in [6.07, 6.45) is 4.69. The average molecular weight is 281 g/mol. The van der Waals surface area contributed by atoms with Crippen LogP contribution in [0.5, 0.6) is 0 Å². The number of nitrogens with one attached hydrogen (secondary N) is 1. The highest BCUT2D eigenvalue weighted by Gasteiger charge is 2.03. The minimum Gasteiger partial charge on any atom is -0.478 e. The molecule has 0 fully saturated rings. The number of rotatable bonds is 4. The van der Waals surface area contributed by atoms with Crippen molar-refractivity contribution in [2.75, 3.05) is 5.32 Å². The number of nitrogens with zero attached hydrogens (tertiary/aromatic N) is 4. The molecule has 0 aliphatic rings. The first-order valence-electron chi connectivity index (χ1n) is 6.21. The van der Waals surface area contributed by atoms with Crippen molar-refractivity contribution in [3.63, 3.8) is 0 Å². The smallest absolute Gasteiger partial charge is 0.335 e. The SMILES string of the molecule is O=C(O)c1ccc(NCc2cnc3ncncc3n2)cc1. The van der Waals surface area contributed by atoms with Gasteiger partial charge in [-0.2, -0.15) is 0 Å². The Labute approximate surface area is 119 Å². The van der Waals surface area contributed by atoms with Gasteiger partial charge in [0.2, 0.25) is 0 Å². The summed E-state index contributed by atoms with van der Waals surface area (Å²) in [6, 6.07) is 6.51. The lowest BCUT2D eigenvalue weighted by molar-refractivity contribution is 0.0697. The number of hydrogen-bond donors (Lipinski definition) is 2. The van der Waals surface area contributed by atoms with Gasteiger partial charge in [0.15, 0.2) is 5.65 Å². The first-order valence-corrected chi connectivity index (χ1v) is 6.21. The quantitative estimate of drug-likeness (QED) is 0.750. The van der Waals surface area contributed by atoms with Crippen molar-refractivity contribution < 1.29 is 9.90 Å². The van der Waals surface area contributed by atoms with Crippen molar-refractivity contribution in [1.82, 2.24) is 19.9 Å². The Morgan fingerprint density at radius 1 is 1.14 bits per heavy atom. The van der Waals surface area contributed by atoms with E-state index in [0.717, 1.165) is 11.4 Å². The van der Waals surface area contributed by atoms with E-state index in [1.54, 1.807) is 36.7 Å². The molecular formula is C14H11N5O2. The first-order chi connectivity index (χ1) is 10.2. The minimum absolute atomic E-state index is 0.253. The molecule has 1 aromatic carbocycles. The van der Waals surface area contributed by atoms with Crippen molar-refractivity contribution in [2.24, 2.45) is 0 Å². The highest BCUT2D eigenvalue weighted by molar-refractivity contribution is 5.88. The Kier molecular flexibility index (Phi) is 3.38. The molecule has 104 valence electrons. The lowest BCUT2D eigenvalue weighted by Gasteiger charge is -2.06. The maximum absolute atomic E-state index is 10.8. The number of benzene rings is 1. The van der Waals surface area contributed by atoms with Crippen LogP contribution in [0, 0.1) is 0 Å². The minimum atomic E-state index is -0.943. The normalized spacial score (nSPS) is 10.5. The largest absolute Gasteiger partial charge is 0.478 e. The third-order valence-corrected chi connectivity index (χ3v) is 2.88. The summed E-state index contributed by atoms with van der Waals surface area (Å²) in [5.41, 5.74) is 3.01. The maximum atomic E-state index is 10.8. The molecule has 0 bridgehead atoms. The van der Waals surface area contributed by atoms with E-state index in [1.807, 2.05) is 0 Å². The molecule has 21 heavy (non-hydrogen) atoms. The zero-order valence-corrected chi connectivity index (χ0v) is 10.9. The van der Waals surface area contributed by atoms with E-state index in [2.05, 4.69) is 25.3 Å². The monoisotopic (exact) mass is 281 g/mol. The molecule has 7 nitrogen and oxygen atoms in total. The highest BCUT2D eigenvalue weighted by Crippen LogP contribution is 2.11. The van der Waals surface area contributed by atoms with Crippen molar-refractivity contribution >= 4 is 22.8 Å². The van der Waals surface area contributed by atoms with Crippen molar-refractivity contribution in [3.05, 3.63) is 54.2 Å². The van der Waals surface area contributed by atoms with Crippen LogP contribution in [-0.2, 0) is 6.54 Å². The molecule has 2 heterocycles. The van der Waals surface area contributed by atoms with Gasteiger partial charge in [-0.3, -0.25) is 0 Å². The second-order valence-corrected chi connectivity index (χ2v) is 4.33. The number of aromatic carboxylic acids is 1. The number of carboxylic acid groups (broad SMARTS) is 1. The lowest BCUT2D eigenvalue weighted by Crippen LogP contribution is -2.04. The van der Waals surface area contributed by atoms with E-state index in [9.17, 15) is 4.79 Å². The van der Waals surface area contributed by atoms with Gasteiger partial charge >= 0.3 is 5.97 Å². The van der Waals surface area contributed by atoms with E-state index in [1.165, 1.54) is 6.33 Å². The van der Waals surface area contributed by atoms with Gasteiger partial charge in [-0.15, -0.1) is 0 Å². The number of aromatic nitrogens is 4. The zero-order chi connectivity index (χ0) is 14.7. The van der Waals surface area contributed by atoms with Gasteiger partial charge in [0.1, 0.15) is 11.8 Å². The average Bonchev–Trinajstić information content (AvgIpc) is 2.53. The molecule has 0 amide bonds.